The number of hydrogen-bond acceptors (Lipinski definition) is 2. The average molecular weight is 317 g/mol. The SMILES string of the molecule is Cc1ccc([C@@H]2c3cc(Br)ccc3C(=O)[C@@H]2O)cc1. The van der Waals surface area contributed by atoms with Gasteiger partial charge < -0.3 is 5.11 Å². The summed E-state index contributed by atoms with van der Waals surface area (Å²) in [4.78, 5) is 12.1. The maximum Gasteiger partial charge on any atom is 0.192 e. The molecule has 1 N–H and O–H groups in total. The van der Waals surface area contributed by atoms with Crippen LogP contribution in [0.15, 0.2) is 46.9 Å². The summed E-state index contributed by atoms with van der Waals surface area (Å²) in [6, 6.07) is 13.5. The minimum atomic E-state index is -0.980. The van der Waals surface area contributed by atoms with Crippen molar-refractivity contribution in [2.75, 3.05) is 0 Å². The molecule has 0 saturated heterocycles. The number of aliphatic hydroxyl groups excluding tert-OH is 1. The van der Waals surface area contributed by atoms with Gasteiger partial charge in [0.2, 0.25) is 0 Å². The molecule has 0 heterocycles. The molecule has 3 heteroatoms. The van der Waals surface area contributed by atoms with Crippen LogP contribution in [0.4, 0.5) is 0 Å². The number of aliphatic hydroxyl groups is 1. The van der Waals surface area contributed by atoms with Gasteiger partial charge in [0, 0.05) is 16.0 Å². The van der Waals surface area contributed by atoms with Crippen LogP contribution in [0, 0.1) is 6.92 Å². The Morgan fingerprint density at radius 3 is 2.47 bits per heavy atom. The number of benzene rings is 2. The number of aryl methyl sites for hydroxylation is 1. The van der Waals surface area contributed by atoms with Gasteiger partial charge in [-0.1, -0.05) is 45.8 Å². The Balaban J connectivity index is 2.15. The summed E-state index contributed by atoms with van der Waals surface area (Å²) >= 11 is 3.42. The third kappa shape index (κ3) is 2.03. The Morgan fingerprint density at radius 1 is 1.11 bits per heavy atom. The molecule has 19 heavy (non-hydrogen) atoms. The molecule has 0 aliphatic heterocycles. The highest BCUT2D eigenvalue weighted by atomic mass is 79.9. The molecule has 0 fully saturated rings. The van der Waals surface area contributed by atoms with E-state index in [0.29, 0.717) is 5.56 Å². The number of fused-ring (bicyclic) bond motifs is 1. The minimum Gasteiger partial charge on any atom is -0.384 e. The fourth-order valence-corrected chi connectivity index (χ4v) is 3.01. The van der Waals surface area contributed by atoms with Crippen molar-refractivity contribution in [2.45, 2.75) is 18.9 Å². The second-order valence-corrected chi connectivity index (χ2v) is 5.84. The normalized spacial score (nSPS) is 21.5. The van der Waals surface area contributed by atoms with E-state index in [4.69, 9.17) is 0 Å². The predicted molar refractivity (Wildman–Crippen MR) is 77.5 cm³/mol. The summed E-state index contributed by atoms with van der Waals surface area (Å²) in [5, 5.41) is 10.2. The van der Waals surface area contributed by atoms with E-state index in [9.17, 15) is 9.90 Å². The zero-order valence-electron chi connectivity index (χ0n) is 10.4. The maximum absolute atomic E-state index is 12.1. The Hall–Kier alpha value is -1.45. The molecule has 2 atom stereocenters. The van der Waals surface area contributed by atoms with E-state index < -0.39 is 6.10 Å². The van der Waals surface area contributed by atoms with Gasteiger partial charge in [-0.3, -0.25) is 4.79 Å². The largest absolute Gasteiger partial charge is 0.384 e. The summed E-state index contributed by atoms with van der Waals surface area (Å²) in [6.07, 6.45) is -0.980. The zero-order chi connectivity index (χ0) is 13.6. The van der Waals surface area contributed by atoms with Crippen LogP contribution in [-0.4, -0.2) is 17.0 Å². The number of carbonyl (C=O) groups excluding carboxylic acids is 1. The van der Waals surface area contributed by atoms with Gasteiger partial charge in [0.15, 0.2) is 5.78 Å². The third-order valence-corrected chi connectivity index (χ3v) is 4.13. The number of rotatable bonds is 1. The third-order valence-electron chi connectivity index (χ3n) is 3.63. The van der Waals surface area contributed by atoms with Crippen molar-refractivity contribution in [1.29, 1.82) is 0 Å². The summed E-state index contributed by atoms with van der Waals surface area (Å²) in [5.41, 5.74) is 3.66. The van der Waals surface area contributed by atoms with Crippen molar-refractivity contribution >= 4 is 21.7 Å². The summed E-state index contributed by atoms with van der Waals surface area (Å²) in [6.45, 7) is 2.02. The molecular formula is C16H13BrO2. The van der Waals surface area contributed by atoms with E-state index in [0.717, 1.165) is 21.2 Å². The quantitative estimate of drug-likeness (QED) is 0.875. The molecule has 2 nitrogen and oxygen atoms in total. The first kappa shape index (κ1) is 12.6. The Kier molecular flexibility index (Phi) is 3.03. The maximum atomic E-state index is 12.1. The summed E-state index contributed by atoms with van der Waals surface area (Å²) in [7, 11) is 0. The first-order chi connectivity index (χ1) is 9.08. The predicted octanol–water partition coefficient (Wildman–Crippen LogP) is 3.45. The van der Waals surface area contributed by atoms with Crippen LogP contribution in [0.5, 0.6) is 0 Å². The van der Waals surface area contributed by atoms with Crippen LogP contribution < -0.4 is 0 Å². The van der Waals surface area contributed by atoms with Crippen LogP contribution in [0.25, 0.3) is 0 Å². The van der Waals surface area contributed by atoms with Crippen LogP contribution in [0.1, 0.15) is 33.0 Å². The molecular weight excluding hydrogens is 304 g/mol. The molecule has 3 rings (SSSR count). The molecule has 1 aliphatic rings. The summed E-state index contributed by atoms with van der Waals surface area (Å²) in [5.74, 6) is -0.450. The molecule has 0 amide bonds. The van der Waals surface area contributed by atoms with E-state index in [1.54, 1.807) is 6.07 Å². The number of carbonyl (C=O) groups is 1. The van der Waals surface area contributed by atoms with E-state index in [2.05, 4.69) is 15.9 Å². The van der Waals surface area contributed by atoms with E-state index in [1.165, 1.54) is 0 Å². The fraction of sp³-hybridized carbons (Fsp3) is 0.188. The van der Waals surface area contributed by atoms with Crippen molar-refractivity contribution in [2.24, 2.45) is 0 Å². The van der Waals surface area contributed by atoms with Gasteiger partial charge in [0.05, 0.1) is 0 Å². The van der Waals surface area contributed by atoms with Crippen LogP contribution in [-0.2, 0) is 0 Å². The van der Waals surface area contributed by atoms with Gasteiger partial charge in [0.25, 0.3) is 0 Å². The van der Waals surface area contributed by atoms with Crippen LogP contribution in [0.3, 0.4) is 0 Å². The van der Waals surface area contributed by atoms with Gasteiger partial charge >= 0.3 is 0 Å². The standard InChI is InChI=1S/C16H13BrO2/c1-9-2-4-10(5-3-9)14-13-8-11(17)6-7-12(13)15(18)16(14)19/h2-8,14,16,19H,1H3/t14-,16-/m1/s1. The van der Waals surface area contributed by atoms with E-state index in [-0.39, 0.29) is 11.7 Å². The van der Waals surface area contributed by atoms with Gasteiger partial charge in [0.1, 0.15) is 6.10 Å². The highest BCUT2D eigenvalue weighted by molar-refractivity contribution is 9.10. The molecule has 2 aromatic carbocycles. The molecule has 96 valence electrons. The monoisotopic (exact) mass is 316 g/mol. The van der Waals surface area contributed by atoms with E-state index >= 15 is 0 Å². The van der Waals surface area contributed by atoms with Crippen molar-refractivity contribution in [3.05, 3.63) is 69.2 Å². The molecule has 0 unspecified atom stereocenters. The first-order valence-electron chi connectivity index (χ1n) is 6.16. The molecule has 0 aromatic heterocycles. The Bertz CT molecular complexity index is 646. The minimum absolute atomic E-state index is 0.187. The second-order valence-electron chi connectivity index (χ2n) is 4.93. The molecule has 0 bridgehead atoms. The molecule has 1 aliphatic carbocycles. The van der Waals surface area contributed by atoms with Gasteiger partial charge in [-0.05, 0) is 36.2 Å². The number of halogens is 1. The Labute approximate surface area is 120 Å². The van der Waals surface area contributed by atoms with Crippen molar-refractivity contribution in [3.63, 3.8) is 0 Å². The highest BCUT2D eigenvalue weighted by Crippen LogP contribution is 2.39. The smallest absolute Gasteiger partial charge is 0.192 e. The lowest BCUT2D eigenvalue weighted by molar-refractivity contribution is 0.0754. The van der Waals surface area contributed by atoms with Gasteiger partial charge in [-0.25, -0.2) is 0 Å². The number of Topliss-reactive ketones (excluding diaryl/α,β-unsaturated/α-hetero) is 1. The fourth-order valence-electron chi connectivity index (χ4n) is 2.63. The second kappa shape index (κ2) is 4.58. The molecule has 0 saturated carbocycles. The zero-order valence-corrected chi connectivity index (χ0v) is 12.0. The lowest BCUT2D eigenvalue weighted by atomic mass is 9.91. The number of ketones is 1. The first-order valence-corrected chi connectivity index (χ1v) is 6.95. The number of hydrogen-bond donors (Lipinski definition) is 1. The average Bonchev–Trinajstić information content (AvgIpc) is 2.63. The lowest BCUT2D eigenvalue weighted by Gasteiger charge is -2.15. The molecule has 0 spiro atoms. The van der Waals surface area contributed by atoms with Crippen LogP contribution >= 0.6 is 15.9 Å². The lowest BCUT2D eigenvalue weighted by Crippen LogP contribution is -2.20. The topological polar surface area (TPSA) is 37.3 Å². The highest BCUT2D eigenvalue weighted by Gasteiger charge is 2.39. The van der Waals surface area contributed by atoms with Crippen molar-refractivity contribution in [3.8, 4) is 0 Å². The Morgan fingerprint density at radius 2 is 1.79 bits per heavy atom. The van der Waals surface area contributed by atoms with Gasteiger partial charge in [-0.2, -0.15) is 0 Å². The molecule has 0 radical (unpaired) electrons. The van der Waals surface area contributed by atoms with Gasteiger partial charge in [-0.15, -0.1) is 0 Å². The van der Waals surface area contributed by atoms with Crippen LogP contribution in [0.2, 0.25) is 0 Å². The van der Waals surface area contributed by atoms with Crippen molar-refractivity contribution in [1.82, 2.24) is 0 Å². The summed E-state index contributed by atoms with van der Waals surface area (Å²) < 4.78 is 0.922. The van der Waals surface area contributed by atoms with Crippen molar-refractivity contribution < 1.29 is 9.90 Å². The van der Waals surface area contributed by atoms with E-state index in [1.807, 2.05) is 43.3 Å². The molecule has 2 aromatic rings.